The number of amides is 2. The largest absolute Gasteiger partial charge is 0.497 e. The summed E-state index contributed by atoms with van der Waals surface area (Å²) in [5.74, 6) is 0.740. The van der Waals surface area contributed by atoms with Crippen molar-refractivity contribution >= 4 is 33.8 Å². The van der Waals surface area contributed by atoms with Crippen molar-refractivity contribution in [1.29, 1.82) is 0 Å². The molecule has 1 aliphatic carbocycles. The molecule has 0 aliphatic heterocycles. The van der Waals surface area contributed by atoms with Crippen LogP contribution in [0.25, 0.3) is 0 Å². The third-order valence-corrected chi connectivity index (χ3v) is 4.37. The van der Waals surface area contributed by atoms with Gasteiger partial charge in [0.25, 0.3) is 5.91 Å². The van der Waals surface area contributed by atoms with Gasteiger partial charge in [0.15, 0.2) is 0 Å². The summed E-state index contributed by atoms with van der Waals surface area (Å²) in [4.78, 5) is 24.4. The van der Waals surface area contributed by atoms with Gasteiger partial charge in [-0.25, -0.2) is 0 Å². The van der Waals surface area contributed by atoms with Crippen LogP contribution in [0.15, 0.2) is 36.4 Å². The molecule has 1 heterocycles. The second kappa shape index (κ2) is 6.19. The Kier molecular flexibility index (Phi) is 4.11. The normalized spacial score (nSPS) is 13.5. The van der Waals surface area contributed by atoms with Crippen molar-refractivity contribution in [2.75, 3.05) is 17.7 Å². The van der Waals surface area contributed by atoms with E-state index < -0.39 is 0 Å². The Bertz CT molecular complexity index is 690. The van der Waals surface area contributed by atoms with Crippen LogP contribution in [0.3, 0.4) is 0 Å². The van der Waals surface area contributed by atoms with Gasteiger partial charge >= 0.3 is 0 Å². The maximum atomic E-state index is 12.2. The van der Waals surface area contributed by atoms with E-state index >= 15 is 0 Å². The summed E-state index contributed by atoms with van der Waals surface area (Å²) in [6.45, 7) is 0. The summed E-state index contributed by atoms with van der Waals surface area (Å²) in [6.07, 6.45) is 1.92. The number of hydrogen-bond acceptors (Lipinski definition) is 4. The smallest absolute Gasteiger partial charge is 0.265 e. The molecule has 6 heteroatoms. The first-order valence-electron chi connectivity index (χ1n) is 7.02. The van der Waals surface area contributed by atoms with Crippen molar-refractivity contribution in [2.45, 2.75) is 12.8 Å². The third kappa shape index (κ3) is 3.46. The number of rotatable bonds is 5. The molecule has 5 nitrogen and oxygen atoms in total. The molecule has 1 aliphatic rings. The molecule has 1 aromatic heterocycles. The average molecular weight is 316 g/mol. The van der Waals surface area contributed by atoms with Crippen molar-refractivity contribution in [1.82, 2.24) is 0 Å². The van der Waals surface area contributed by atoms with Gasteiger partial charge in [-0.15, -0.1) is 11.3 Å². The van der Waals surface area contributed by atoms with Crippen LogP contribution in [0.2, 0.25) is 0 Å². The minimum atomic E-state index is -0.193. The molecule has 1 aromatic carbocycles. The Hall–Kier alpha value is -2.34. The first-order chi connectivity index (χ1) is 10.7. The number of nitrogens with one attached hydrogen (secondary N) is 2. The molecule has 22 heavy (non-hydrogen) atoms. The molecule has 2 N–H and O–H groups in total. The van der Waals surface area contributed by atoms with Gasteiger partial charge in [0, 0.05) is 11.6 Å². The van der Waals surface area contributed by atoms with Crippen molar-refractivity contribution in [2.24, 2.45) is 5.92 Å². The summed E-state index contributed by atoms with van der Waals surface area (Å²) in [5, 5.41) is 6.36. The number of carbonyl (C=O) groups excluding carboxylic acids is 2. The minimum absolute atomic E-state index is 0.0453. The van der Waals surface area contributed by atoms with E-state index in [0.717, 1.165) is 18.6 Å². The Morgan fingerprint density at radius 3 is 2.45 bits per heavy atom. The van der Waals surface area contributed by atoms with Crippen molar-refractivity contribution in [3.8, 4) is 5.75 Å². The number of thiophene rings is 1. The highest BCUT2D eigenvalue weighted by Gasteiger charge is 2.29. The zero-order chi connectivity index (χ0) is 15.5. The fourth-order valence-corrected chi connectivity index (χ4v) is 2.77. The fraction of sp³-hybridized carbons (Fsp3) is 0.250. The van der Waals surface area contributed by atoms with E-state index in [0.29, 0.717) is 15.6 Å². The van der Waals surface area contributed by atoms with E-state index in [9.17, 15) is 9.59 Å². The summed E-state index contributed by atoms with van der Waals surface area (Å²) in [7, 11) is 1.59. The van der Waals surface area contributed by atoms with Crippen LogP contribution in [0.5, 0.6) is 5.75 Å². The Morgan fingerprint density at radius 1 is 1.09 bits per heavy atom. The number of hydrogen-bond donors (Lipinski definition) is 2. The molecule has 114 valence electrons. The predicted octanol–water partition coefficient (Wildman–Crippen LogP) is 3.36. The quantitative estimate of drug-likeness (QED) is 0.889. The number of benzene rings is 1. The van der Waals surface area contributed by atoms with Gasteiger partial charge < -0.3 is 15.4 Å². The van der Waals surface area contributed by atoms with Crippen LogP contribution in [0.4, 0.5) is 10.7 Å². The van der Waals surface area contributed by atoms with Crippen molar-refractivity contribution in [3.63, 3.8) is 0 Å². The lowest BCUT2D eigenvalue weighted by molar-refractivity contribution is -0.117. The monoisotopic (exact) mass is 316 g/mol. The van der Waals surface area contributed by atoms with Gasteiger partial charge in [-0.1, -0.05) is 0 Å². The number of anilines is 2. The average Bonchev–Trinajstić information content (AvgIpc) is 3.28. The predicted molar refractivity (Wildman–Crippen MR) is 86.6 cm³/mol. The van der Waals surface area contributed by atoms with Gasteiger partial charge in [0.1, 0.15) is 5.75 Å². The number of ether oxygens (including phenoxy) is 1. The third-order valence-electron chi connectivity index (χ3n) is 3.37. The lowest BCUT2D eigenvalue weighted by Gasteiger charge is -2.05. The molecular formula is C16H16N2O3S. The van der Waals surface area contributed by atoms with Crippen LogP contribution < -0.4 is 15.4 Å². The lowest BCUT2D eigenvalue weighted by Crippen LogP contribution is -2.12. The second-order valence-corrected chi connectivity index (χ2v) is 6.19. The SMILES string of the molecule is COc1ccc(NC(=O)c2ccc(NC(=O)C3CC3)s2)cc1. The van der Waals surface area contributed by atoms with Gasteiger partial charge in [-0.2, -0.15) is 0 Å². The van der Waals surface area contributed by atoms with Crippen LogP contribution in [-0.2, 0) is 4.79 Å². The van der Waals surface area contributed by atoms with E-state index in [1.54, 1.807) is 43.5 Å². The standard InChI is InChI=1S/C16H16N2O3S/c1-21-12-6-4-11(5-7-12)17-16(20)13-8-9-14(22-13)18-15(19)10-2-3-10/h4-10H,2-3H2,1H3,(H,17,20)(H,18,19). The Labute approximate surface area is 132 Å². The van der Waals surface area contributed by atoms with Crippen LogP contribution in [0, 0.1) is 5.92 Å². The second-order valence-electron chi connectivity index (χ2n) is 5.11. The van der Waals surface area contributed by atoms with Crippen molar-refractivity contribution in [3.05, 3.63) is 41.3 Å². The maximum Gasteiger partial charge on any atom is 0.265 e. The maximum absolute atomic E-state index is 12.2. The highest BCUT2D eigenvalue weighted by Crippen LogP contribution is 2.31. The Balaban J connectivity index is 1.61. The molecule has 1 fully saturated rings. The molecule has 1 saturated carbocycles. The van der Waals surface area contributed by atoms with Crippen molar-refractivity contribution < 1.29 is 14.3 Å². The molecule has 0 radical (unpaired) electrons. The first kappa shape index (κ1) is 14.6. The summed E-state index contributed by atoms with van der Waals surface area (Å²) < 4.78 is 5.07. The van der Waals surface area contributed by atoms with Crippen LogP contribution in [-0.4, -0.2) is 18.9 Å². The fourth-order valence-electron chi connectivity index (χ4n) is 1.96. The molecule has 0 unspecified atom stereocenters. The van der Waals surface area contributed by atoms with E-state index in [4.69, 9.17) is 4.74 Å². The van der Waals surface area contributed by atoms with Gasteiger partial charge in [0.2, 0.25) is 5.91 Å². The molecule has 0 atom stereocenters. The van der Waals surface area contributed by atoms with Gasteiger partial charge in [-0.05, 0) is 49.2 Å². The van der Waals surface area contributed by atoms with E-state index in [1.807, 2.05) is 0 Å². The molecular weight excluding hydrogens is 300 g/mol. The zero-order valence-electron chi connectivity index (χ0n) is 12.1. The minimum Gasteiger partial charge on any atom is -0.497 e. The van der Waals surface area contributed by atoms with Crippen LogP contribution >= 0.6 is 11.3 Å². The van der Waals surface area contributed by atoms with E-state index in [2.05, 4.69) is 10.6 Å². The molecule has 0 spiro atoms. The molecule has 0 saturated heterocycles. The zero-order valence-corrected chi connectivity index (χ0v) is 12.9. The highest BCUT2D eigenvalue weighted by atomic mass is 32.1. The summed E-state index contributed by atoms with van der Waals surface area (Å²) >= 11 is 1.27. The molecule has 2 aromatic rings. The molecule has 2 amide bonds. The number of methoxy groups -OCH3 is 1. The summed E-state index contributed by atoms with van der Waals surface area (Å²) in [6, 6.07) is 10.6. The Morgan fingerprint density at radius 2 is 1.82 bits per heavy atom. The highest BCUT2D eigenvalue weighted by molar-refractivity contribution is 7.18. The number of carbonyl (C=O) groups is 2. The van der Waals surface area contributed by atoms with E-state index in [-0.39, 0.29) is 17.7 Å². The topological polar surface area (TPSA) is 67.4 Å². The van der Waals surface area contributed by atoms with Gasteiger partial charge in [0.05, 0.1) is 17.0 Å². The van der Waals surface area contributed by atoms with E-state index in [1.165, 1.54) is 11.3 Å². The summed E-state index contributed by atoms with van der Waals surface area (Å²) in [5.41, 5.74) is 0.697. The lowest BCUT2D eigenvalue weighted by atomic mass is 10.3. The first-order valence-corrected chi connectivity index (χ1v) is 7.83. The molecule has 3 rings (SSSR count). The van der Waals surface area contributed by atoms with Crippen LogP contribution in [0.1, 0.15) is 22.5 Å². The molecule has 0 bridgehead atoms. The van der Waals surface area contributed by atoms with Gasteiger partial charge in [-0.3, -0.25) is 9.59 Å².